The summed E-state index contributed by atoms with van der Waals surface area (Å²) in [6.07, 6.45) is 0.369. The number of nitrogen functional groups attached to an aromatic ring is 1. The van der Waals surface area contributed by atoms with Gasteiger partial charge in [-0.2, -0.15) is 0 Å². The Kier molecular flexibility index (Phi) is 7.42. The van der Waals surface area contributed by atoms with Crippen molar-refractivity contribution < 1.29 is 9.53 Å². The topological polar surface area (TPSA) is 55.6 Å². The highest BCUT2D eigenvalue weighted by Gasteiger charge is 2.12. The molecule has 0 aliphatic carbocycles. The van der Waals surface area contributed by atoms with Crippen LogP contribution in [-0.2, 0) is 17.8 Å². The van der Waals surface area contributed by atoms with Crippen LogP contribution in [0.15, 0.2) is 48.5 Å². The molecule has 0 unspecified atom stereocenters. The molecule has 5 heteroatoms. The van der Waals surface area contributed by atoms with Crippen molar-refractivity contribution >= 4 is 24.0 Å². The van der Waals surface area contributed by atoms with Crippen LogP contribution in [0, 0.1) is 0 Å². The molecule has 2 aromatic carbocycles. The summed E-state index contributed by atoms with van der Waals surface area (Å²) in [6, 6.07) is 15.2. The summed E-state index contributed by atoms with van der Waals surface area (Å²) < 4.78 is 5.60. The Morgan fingerprint density at radius 2 is 1.78 bits per heavy atom. The molecule has 2 rings (SSSR count). The minimum atomic E-state index is 0. The standard InChI is InChI=1S/C18H22N2O2.ClH/c1-3-22-17-7-5-4-6-15(17)13-20(2)18(21)12-14-8-10-16(19)11-9-14;/h4-11H,3,12-13,19H2,1-2H3;1H. The van der Waals surface area contributed by atoms with Crippen LogP contribution in [-0.4, -0.2) is 24.5 Å². The number of hydrogen-bond acceptors (Lipinski definition) is 3. The Bertz CT molecular complexity index is 629. The second kappa shape index (κ2) is 9.06. The van der Waals surface area contributed by atoms with Crippen molar-refractivity contribution in [3.63, 3.8) is 0 Å². The molecule has 0 heterocycles. The van der Waals surface area contributed by atoms with Gasteiger partial charge in [-0.25, -0.2) is 0 Å². The normalized spacial score (nSPS) is 9.83. The van der Waals surface area contributed by atoms with E-state index in [9.17, 15) is 4.79 Å². The Labute approximate surface area is 143 Å². The van der Waals surface area contributed by atoms with Gasteiger partial charge in [-0.15, -0.1) is 12.4 Å². The average molecular weight is 335 g/mol. The number of benzene rings is 2. The molecule has 124 valence electrons. The minimum Gasteiger partial charge on any atom is -0.494 e. The fourth-order valence-corrected chi connectivity index (χ4v) is 2.22. The van der Waals surface area contributed by atoms with Crippen LogP contribution in [0.5, 0.6) is 5.75 Å². The molecular weight excluding hydrogens is 312 g/mol. The molecule has 23 heavy (non-hydrogen) atoms. The van der Waals surface area contributed by atoms with Crippen molar-refractivity contribution in [1.29, 1.82) is 0 Å². The maximum Gasteiger partial charge on any atom is 0.227 e. The molecule has 0 aromatic heterocycles. The number of anilines is 1. The van der Waals surface area contributed by atoms with E-state index >= 15 is 0 Å². The molecular formula is C18H23ClN2O2. The molecule has 0 bridgehead atoms. The fraction of sp³-hybridized carbons (Fsp3) is 0.278. The summed E-state index contributed by atoms with van der Waals surface area (Å²) in [6.45, 7) is 3.09. The zero-order chi connectivity index (χ0) is 15.9. The van der Waals surface area contributed by atoms with E-state index in [0.717, 1.165) is 16.9 Å². The van der Waals surface area contributed by atoms with E-state index in [1.165, 1.54) is 0 Å². The largest absolute Gasteiger partial charge is 0.494 e. The van der Waals surface area contributed by atoms with Crippen molar-refractivity contribution in [2.45, 2.75) is 19.9 Å². The van der Waals surface area contributed by atoms with Gasteiger partial charge in [-0.1, -0.05) is 30.3 Å². The number of carbonyl (C=O) groups is 1. The molecule has 2 N–H and O–H groups in total. The van der Waals surface area contributed by atoms with Gasteiger partial charge >= 0.3 is 0 Å². The highest BCUT2D eigenvalue weighted by atomic mass is 35.5. The molecule has 4 nitrogen and oxygen atoms in total. The van der Waals surface area contributed by atoms with Gasteiger partial charge in [-0.05, 0) is 30.7 Å². The molecule has 2 aromatic rings. The Morgan fingerprint density at radius 3 is 2.43 bits per heavy atom. The lowest BCUT2D eigenvalue weighted by Crippen LogP contribution is -2.27. The van der Waals surface area contributed by atoms with Crippen molar-refractivity contribution in [3.8, 4) is 5.75 Å². The number of nitrogens with zero attached hydrogens (tertiary/aromatic N) is 1. The first-order valence-corrected chi connectivity index (χ1v) is 7.39. The van der Waals surface area contributed by atoms with Crippen molar-refractivity contribution in [2.75, 3.05) is 19.4 Å². The van der Waals surface area contributed by atoms with Crippen LogP contribution in [0.25, 0.3) is 0 Å². The highest BCUT2D eigenvalue weighted by molar-refractivity contribution is 5.85. The van der Waals surface area contributed by atoms with E-state index in [-0.39, 0.29) is 18.3 Å². The summed E-state index contributed by atoms with van der Waals surface area (Å²) in [5.41, 5.74) is 8.33. The van der Waals surface area contributed by atoms with Crippen LogP contribution in [0.2, 0.25) is 0 Å². The van der Waals surface area contributed by atoms with Crippen molar-refractivity contribution in [2.24, 2.45) is 0 Å². The number of carbonyl (C=O) groups excluding carboxylic acids is 1. The van der Waals surface area contributed by atoms with E-state index in [2.05, 4.69) is 0 Å². The first kappa shape index (κ1) is 18.8. The number of ether oxygens (including phenoxy) is 1. The number of amides is 1. The predicted octanol–water partition coefficient (Wildman–Crippen LogP) is 3.29. The summed E-state index contributed by atoms with van der Waals surface area (Å²) >= 11 is 0. The van der Waals surface area contributed by atoms with Crippen LogP contribution in [0.3, 0.4) is 0 Å². The lowest BCUT2D eigenvalue weighted by atomic mass is 10.1. The van der Waals surface area contributed by atoms with Gasteiger partial charge in [0.15, 0.2) is 0 Å². The second-order valence-electron chi connectivity index (χ2n) is 5.21. The molecule has 0 fully saturated rings. The van der Waals surface area contributed by atoms with E-state index in [1.54, 1.807) is 4.90 Å². The average Bonchev–Trinajstić information content (AvgIpc) is 2.51. The van der Waals surface area contributed by atoms with E-state index < -0.39 is 0 Å². The SMILES string of the molecule is CCOc1ccccc1CN(C)C(=O)Cc1ccc(N)cc1.Cl. The Balaban J connectivity index is 0.00000264. The van der Waals surface area contributed by atoms with Gasteiger partial charge in [0.25, 0.3) is 0 Å². The lowest BCUT2D eigenvalue weighted by Gasteiger charge is -2.19. The van der Waals surface area contributed by atoms with Gasteiger partial charge in [0, 0.05) is 24.8 Å². The van der Waals surface area contributed by atoms with E-state index in [1.807, 2.05) is 62.5 Å². The highest BCUT2D eigenvalue weighted by Crippen LogP contribution is 2.19. The van der Waals surface area contributed by atoms with Gasteiger partial charge in [0.1, 0.15) is 5.75 Å². The summed E-state index contributed by atoms with van der Waals surface area (Å²) in [5, 5.41) is 0. The predicted molar refractivity (Wildman–Crippen MR) is 95.9 cm³/mol. The van der Waals surface area contributed by atoms with Crippen molar-refractivity contribution in [1.82, 2.24) is 4.90 Å². The number of halogens is 1. The van der Waals surface area contributed by atoms with E-state index in [4.69, 9.17) is 10.5 Å². The van der Waals surface area contributed by atoms with Crippen LogP contribution < -0.4 is 10.5 Å². The monoisotopic (exact) mass is 334 g/mol. The summed E-state index contributed by atoms with van der Waals surface area (Å²) in [5.74, 6) is 0.896. The maximum absolute atomic E-state index is 12.3. The molecule has 0 atom stereocenters. The molecule has 0 aliphatic heterocycles. The summed E-state index contributed by atoms with van der Waals surface area (Å²) in [4.78, 5) is 14.0. The quantitative estimate of drug-likeness (QED) is 0.825. The first-order valence-electron chi connectivity index (χ1n) is 7.39. The zero-order valence-electron chi connectivity index (χ0n) is 13.5. The molecule has 0 radical (unpaired) electrons. The minimum absolute atomic E-state index is 0. The fourth-order valence-electron chi connectivity index (χ4n) is 2.22. The van der Waals surface area contributed by atoms with Crippen molar-refractivity contribution in [3.05, 3.63) is 59.7 Å². The number of nitrogens with two attached hydrogens (primary N) is 1. The third kappa shape index (κ3) is 5.49. The van der Waals surface area contributed by atoms with Gasteiger partial charge in [-0.3, -0.25) is 4.79 Å². The van der Waals surface area contributed by atoms with Gasteiger partial charge in [0.2, 0.25) is 5.91 Å². The third-order valence-electron chi connectivity index (χ3n) is 3.44. The third-order valence-corrected chi connectivity index (χ3v) is 3.44. The number of hydrogen-bond donors (Lipinski definition) is 1. The Hall–Kier alpha value is -2.20. The van der Waals surface area contributed by atoms with Gasteiger partial charge < -0.3 is 15.4 Å². The molecule has 0 saturated carbocycles. The molecule has 0 aliphatic rings. The number of likely N-dealkylation sites (N-methyl/N-ethyl adjacent to an activating group) is 1. The van der Waals surface area contributed by atoms with Crippen LogP contribution in [0.1, 0.15) is 18.1 Å². The van der Waals surface area contributed by atoms with Gasteiger partial charge in [0.05, 0.1) is 13.0 Å². The number of para-hydroxylation sites is 1. The molecule has 1 amide bonds. The lowest BCUT2D eigenvalue weighted by molar-refractivity contribution is -0.129. The zero-order valence-corrected chi connectivity index (χ0v) is 14.3. The smallest absolute Gasteiger partial charge is 0.227 e. The van der Waals surface area contributed by atoms with E-state index in [0.29, 0.717) is 25.3 Å². The molecule has 0 spiro atoms. The number of rotatable bonds is 6. The van der Waals surface area contributed by atoms with Crippen LogP contribution in [0.4, 0.5) is 5.69 Å². The maximum atomic E-state index is 12.3. The Morgan fingerprint density at radius 1 is 1.13 bits per heavy atom. The summed E-state index contributed by atoms with van der Waals surface area (Å²) in [7, 11) is 1.81. The van der Waals surface area contributed by atoms with Crippen LogP contribution >= 0.6 is 12.4 Å². The molecule has 0 saturated heterocycles. The first-order chi connectivity index (χ1) is 10.6. The second-order valence-corrected chi connectivity index (χ2v) is 5.21.